The van der Waals surface area contributed by atoms with Gasteiger partial charge < -0.3 is 10.4 Å². The van der Waals surface area contributed by atoms with E-state index in [1.165, 1.54) is 41.8 Å². The lowest BCUT2D eigenvalue weighted by atomic mass is 10.1. The Bertz CT molecular complexity index is 777. The highest BCUT2D eigenvalue weighted by atomic mass is 16.6. The highest BCUT2D eigenvalue weighted by Gasteiger charge is 2.30. The number of carboxylic acid groups (broad SMARTS) is 1. The van der Waals surface area contributed by atoms with Gasteiger partial charge in [0.2, 0.25) is 5.91 Å². The average molecular weight is 336 g/mol. The Morgan fingerprint density at radius 1 is 1.33 bits per heavy atom. The topological polar surface area (TPSA) is 145 Å². The van der Waals surface area contributed by atoms with Crippen LogP contribution in [0.3, 0.4) is 0 Å². The molecule has 0 aromatic carbocycles. The van der Waals surface area contributed by atoms with Crippen LogP contribution in [0.5, 0.6) is 0 Å². The van der Waals surface area contributed by atoms with Gasteiger partial charge in [-0.2, -0.15) is 10.2 Å². The van der Waals surface area contributed by atoms with Gasteiger partial charge in [0.05, 0.1) is 16.8 Å². The maximum Gasteiger partial charge on any atom is 0.331 e. The minimum atomic E-state index is -1.24. The van der Waals surface area contributed by atoms with Crippen LogP contribution in [-0.4, -0.2) is 41.5 Å². The monoisotopic (exact) mass is 336 g/mol. The van der Waals surface area contributed by atoms with Crippen molar-refractivity contribution < 1.29 is 19.6 Å². The number of nitrogens with one attached hydrogen (secondary N) is 1. The second kappa shape index (κ2) is 6.48. The molecule has 2 heterocycles. The second-order valence-electron chi connectivity index (χ2n) is 5.55. The molecule has 0 unspecified atom stereocenters. The van der Waals surface area contributed by atoms with Crippen LogP contribution in [0.2, 0.25) is 0 Å². The van der Waals surface area contributed by atoms with Crippen molar-refractivity contribution in [2.45, 2.75) is 32.4 Å². The normalized spacial score (nSPS) is 11.2. The highest BCUT2D eigenvalue weighted by molar-refractivity contribution is 5.90. The van der Waals surface area contributed by atoms with E-state index in [1.807, 2.05) is 0 Å². The Hall–Kier alpha value is -3.24. The Labute approximate surface area is 136 Å². The molecular formula is C13H16N6O5. The van der Waals surface area contributed by atoms with Gasteiger partial charge in [-0.05, 0) is 13.8 Å². The van der Waals surface area contributed by atoms with E-state index in [0.29, 0.717) is 5.69 Å². The summed E-state index contributed by atoms with van der Waals surface area (Å²) in [5.41, 5.74) is -1.02. The number of carboxylic acids is 1. The van der Waals surface area contributed by atoms with Gasteiger partial charge in [0.15, 0.2) is 5.54 Å². The van der Waals surface area contributed by atoms with Crippen molar-refractivity contribution in [2.24, 2.45) is 0 Å². The first-order valence-corrected chi connectivity index (χ1v) is 6.95. The molecule has 0 atom stereocenters. The van der Waals surface area contributed by atoms with E-state index in [2.05, 4.69) is 15.5 Å². The summed E-state index contributed by atoms with van der Waals surface area (Å²) in [7, 11) is 0. The quantitative estimate of drug-likeness (QED) is 0.562. The number of hydrogen-bond acceptors (Lipinski definition) is 6. The summed E-state index contributed by atoms with van der Waals surface area (Å²) < 4.78 is 2.54. The van der Waals surface area contributed by atoms with E-state index in [4.69, 9.17) is 5.11 Å². The fourth-order valence-corrected chi connectivity index (χ4v) is 1.80. The molecule has 0 aliphatic heterocycles. The Balaban J connectivity index is 1.92. The predicted octanol–water partition coefficient (Wildman–Crippen LogP) is 0.836. The minimum Gasteiger partial charge on any atom is -0.479 e. The number of nitro groups is 1. The zero-order chi connectivity index (χ0) is 17.9. The van der Waals surface area contributed by atoms with Crippen LogP contribution in [-0.2, 0) is 21.7 Å². The fourth-order valence-electron chi connectivity index (χ4n) is 1.80. The summed E-state index contributed by atoms with van der Waals surface area (Å²) in [6.45, 7) is 3.14. The molecule has 1 amide bonds. The third kappa shape index (κ3) is 3.74. The number of carbonyl (C=O) groups excluding carboxylic acids is 1. The number of anilines is 1. The Morgan fingerprint density at radius 2 is 2.04 bits per heavy atom. The van der Waals surface area contributed by atoms with Crippen molar-refractivity contribution in [1.29, 1.82) is 0 Å². The lowest BCUT2D eigenvalue weighted by Gasteiger charge is -2.19. The third-order valence-electron chi connectivity index (χ3n) is 3.36. The highest BCUT2D eigenvalue weighted by Crippen LogP contribution is 2.17. The molecule has 0 radical (unpaired) electrons. The van der Waals surface area contributed by atoms with Gasteiger partial charge in [0.25, 0.3) is 0 Å². The lowest BCUT2D eigenvalue weighted by Crippen LogP contribution is -2.35. The molecule has 11 heteroatoms. The van der Waals surface area contributed by atoms with Crippen molar-refractivity contribution in [3.05, 3.63) is 34.9 Å². The number of amides is 1. The minimum absolute atomic E-state index is 0.0480. The van der Waals surface area contributed by atoms with E-state index in [9.17, 15) is 19.7 Å². The summed E-state index contributed by atoms with van der Waals surface area (Å²) in [4.78, 5) is 33.0. The van der Waals surface area contributed by atoms with Crippen LogP contribution in [0.1, 0.15) is 20.3 Å². The molecule has 11 nitrogen and oxygen atoms in total. The largest absolute Gasteiger partial charge is 0.479 e. The standard InChI is InChI=1S/C13H16N6O5/c1-13(2,12(21)22)18-7-9(5-15-18)16-11(20)3-4-17-8-10(6-14-17)19(23)24/h5-8H,3-4H2,1-2H3,(H,16,20)(H,21,22). The molecule has 2 aromatic rings. The molecule has 2 aromatic heterocycles. The smallest absolute Gasteiger partial charge is 0.331 e. The summed E-state index contributed by atoms with van der Waals surface area (Å²) in [6, 6.07) is 0. The van der Waals surface area contributed by atoms with Crippen LogP contribution in [0.4, 0.5) is 11.4 Å². The van der Waals surface area contributed by atoms with Crippen molar-refractivity contribution in [1.82, 2.24) is 19.6 Å². The molecule has 2 N–H and O–H groups in total. The van der Waals surface area contributed by atoms with Gasteiger partial charge in [-0.1, -0.05) is 0 Å². The number of aryl methyl sites for hydroxylation is 1. The van der Waals surface area contributed by atoms with Gasteiger partial charge in [0, 0.05) is 19.2 Å². The molecule has 0 fully saturated rings. The molecule has 0 saturated heterocycles. The summed E-state index contributed by atoms with van der Waals surface area (Å²) >= 11 is 0. The van der Waals surface area contributed by atoms with Crippen LogP contribution >= 0.6 is 0 Å². The second-order valence-corrected chi connectivity index (χ2v) is 5.55. The maximum atomic E-state index is 11.9. The Morgan fingerprint density at radius 3 is 2.62 bits per heavy atom. The summed E-state index contributed by atoms with van der Waals surface area (Å²) in [6.07, 6.45) is 5.16. The molecule has 128 valence electrons. The van der Waals surface area contributed by atoms with Gasteiger partial charge >= 0.3 is 11.7 Å². The molecule has 0 aliphatic rings. The van der Waals surface area contributed by atoms with E-state index < -0.39 is 16.4 Å². The van der Waals surface area contributed by atoms with E-state index in [0.717, 1.165) is 6.20 Å². The van der Waals surface area contributed by atoms with Crippen LogP contribution in [0.25, 0.3) is 0 Å². The Kier molecular flexibility index (Phi) is 4.62. The summed E-state index contributed by atoms with van der Waals surface area (Å²) in [5.74, 6) is -1.40. The molecule has 0 aliphatic carbocycles. The first kappa shape index (κ1) is 17.1. The van der Waals surface area contributed by atoms with Crippen molar-refractivity contribution >= 4 is 23.3 Å². The number of rotatable bonds is 7. The van der Waals surface area contributed by atoms with Gasteiger partial charge in [0.1, 0.15) is 12.4 Å². The van der Waals surface area contributed by atoms with E-state index in [1.54, 1.807) is 0 Å². The van der Waals surface area contributed by atoms with Crippen LogP contribution in [0, 0.1) is 10.1 Å². The van der Waals surface area contributed by atoms with Crippen molar-refractivity contribution in [2.75, 3.05) is 5.32 Å². The molecule has 0 spiro atoms. The van der Waals surface area contributed by atoms with Gasteiger partial charge in [-0.25, -0.2) is 4.79 Å². The van der Waals surface area contributed by atoms with Gasteiger partial charge in [-0.15, -0.1) is 0 Å². The van der Waals surface area contributed by atoms with Crippen molar-refractivity contribution in [3.8, 4) is 0 Å². The number of carbonyl (C=O) groups is 2. The molecule has 0 saturated carbocycles. The summed E-state index contributed by atoms with van der Waals surface area (Å²) in [5, 5.41) is 30.0. The SMILES string of the molecule is CC(C)(C(=O)O)n1cc(NC(=O)CCn2cc([N+](=O)[O-])cn2)cn1. The first-order valence-electron chi connectivity index (χ1n) is 6.95. The van der Waals surface area contributed by atoms with Crippen LogP contribution in [0.15, 0.2) is 24.8 Å². The van der Waals surface area contributed by atoms with E-state index in [-0.39, 0.29) is 24.6 Å². The zero-order valence-corrected chi connectivity index (χ0v) is 13.0. The lowest BCUT2D eigenvalue weighted by molar-refractivity contribution is -0.385. The van der Waals surface area contributed by atoms with E-state index >= 15 is 0 Å². The molecular weight excluding hydrogens is 320 g/mol. The first-order chi connectivity index (χ1) is 11.2. The number of aliphatic carboxylic acids is 1. The molecule has 2 rings (SSSR count). The predicted molar refractivity (Wildman–Crippen MR) is 81.3 cm³/mol. The molecule has 24 heavy (non-hydrogen) atoms. The van der Waals surface area contributed by atoms with Gasteiger partial charge in [-0.3, -0.25) is 24.3 Å². The number of hydrogen-bond donors (Lipinski definition) is 2. The third-order valence-corrected chi connectivity index (χ3v) is 3.36. The number of nitrogens with zero attached hydrogens (tertiary/aromatic N) is 5. The number of aromatic nitrogens is 4. The average Bonchev–Trinajstić information content (AvgIpc) is 3.14. The molecule has 0 bridgehead atoms. The fraction of sp³-hybridized carbons (Fsp3) is 0.385. The van der Waals surface area contributed by atoms with Crippen LogP contribution < -0.4 is 5.32 Å². The zero-order valence-electron chi connectivity index (χ0n) is 13.0. The maximum absolute atomic E-state index is 11.9. The van der Waals surface area contributed by atoms with Crippen molar-refractivity contribution in [3.63, 3.8) is 0 Å².